The minimum absolute atomic E-state index is 0.196. The van der Waals surface area contributed by atoms with Gasteiger partial charge in [-0.3, -0.25) is 0 Å². The molecule has 17 heavy (non-hydrogen) atoms. The zero-order valence-corrected chi connectivity index (χ0v) is 10.0. The molecule has 0 aliphatic carbocycles. The van der Waals surface area contributed by atoms with Crippen LogP contribution in [0.25, 0.3) is 0 Å². The first-order valence-corrected chi connectivity index (χ1v) is 5.83. The molecule has 0 radical (unpaired) electrons. The Balaban J connectivity index is 2.32. The maximum atomic E-state index is 9.13. The monoisotopic (exact) mass is 231 g/mol. The Kier molecular flexibility index (Phi) is 3.50. The largest absolute Gasteiger partial charge is 0.497 e. The smallest absolute Gasteiger partial charge is 0.121 e. The molecule has 1 aliphatic heterocycles. The first kappa shape index (κ1) is 11.7. The maximum absolute atomic E-state index is 9.13. The third kappa shape index (κ3) is 2.51. The minimum atomic E-state index is 0.196. The first-order chi connectivity index (χ1) is 8.24. The summed E-state index contributed by atoms with van der Waals surface area (Å²) in [5.74, 6) is 0.776. The average molecular weight is 231 g/mol. The first-order valence-electron chi connectivity index (χ1n) is 5.83. The molecule has 1 aromatic rings. The van der Waals surface area contributed by atoms with E-state index in [1.54, 1.807) is 13.2 Å². The van der Waals surface area contributed by atoms with Gasteiger partial charge in [-0.05, 0) is 25.0 Å². The number of methoxy groups -OCH3 is 1. The molecule has 1 heterocycles. The number of nitrogens with two attached hydrogens (primary N) is 1. The Morgan fingerprint density at radius 2 is 2.35 bits per heavy atom. The fraction of sp³-hybridized carbons (Fsp3) is 0.462. The topological polar surface area (TPSA) is 62.3 Å². The molecule has 0 spiro atoms. The van der Waals surface area contributed by atoms with Crippen LogP contribution >= 0.6 is 0 Å². The van der Waals surface area contributed by atoms with Gasteiger partial charge in [-0.25, -0.2) is 0 Å². The Hall–Kier alpha value is -1.73. The van der Waals surface area contributed by atoms with Gasteiger partial charge in [0.25, 0.3) is 0 Å². The molecular weight excluding hydrogens is 214 g/mol. The highest BCUT2D eigenvalue weighted by Gasteiger charge is 2.19. The highest BCUT2D eigenvalue weighted by molar-refractivity contribution is 5.62. The van der Waals surface area contributed by atoms with E-state index < -0.39 is 0 Å². The van der Waals surface area contributed by atoms with E-state index in [4.69, 9.17) is 15.7 Å². The van der Waals surface area contributed by atoms with Crippen LogP contribution in [-0.2, 0) is 0 Å². The summed E-state index contributed by atoms with van der Waals surface area (Å²) in [7, 11) is 1.63. The summed E-state index contributed by atoms with van der Waals surface area (Å²) >= 11 is 0. The Morgan fingerprint density at radius 3 is 3.00 bits per heavy atom. The lowest BCUT2D eigenvalue weighted by molar-refractivity contribution is 0.414. The molecular formula is C13H17N3O. The predicted molar refractivity (Wildman–Crippen MR) is 67.1 cm³/mol. The number of rotatable bonds is 2. The van der Waals surface area contributed by atoms with Gasteiger partial charge in [0.1, 0.15) is 11.8 Å². The van der Waals surface area contributed by atoms with E-state index in [1.165, 1.54) is 0 Å². The lowest BCUT2D eigenvalue weighted by atomic mass is 10.0. The van der Waals surface area contributed by atoms with Crippen LogP contribution in [0.3, 0.4) is 0 Å². The van der Waals surface area contributed by atoms with Crippen LogP contribution in [-0.4, -0.2) is 26.2 Å². The van der Waals surface area contributed by atoms with E-state index in [9.17, 15) is 0 Å². The number of hydrogen-bond donors (Lipinski definition) is 1. The van der Waals surface area contributed by atoms with Crippen molar-refractivity contribution in [3.05, 3.63) is 23.8 Å². The zero-order valence-electron chi connectivity index (χ0n) is 10.0. The molecule has 1 fully saturated rings. The van der Waals surface area contributed by atoms with Gasteiger partial charge in [-0.2, -0.15) is 5.26 Å². The second kappa shape index (κ2) is 5.07. The van der Waals surface area contributed by atoms with E-state index in [1.807, 2.05) is 12.1 Å². The molecule has 4 nitrogen and oxygen atoms in total. The number of anilines is 1. The molecule has 0 bridgehead atoms. The van der Waals surface area contributed by atoms with Gasteiger partial charge >= 0.3 is 0 Å². The lowest BCUT2D eigenvalue weighted by Gasteiger charge is -2.33. The summed E-state index contributed by atoms with van der Waals surface area (Å²) in [4.78, 5) is 2.18. The van der Waals surface area contributed by atoms with Crippen molar-refractivity contribution in [1.29, 1.82) is 5.26 Å². The maximum Gasteiger partial charge on any atom is 0.121 e. The third-order valence-electron chi connectivity index (χ3n) is 3.12. The van der Waals surface area contributed by atoms with E-state index in [2.05, 4.69) is 11.0 Å². The normalized spacial score (nSPS) is 19.8. The third-order valence-corrected chi connectivity index (χ3v) is 3.12. The molecule has 1 unspecified atom stereocenters. The van der Waals surface area contributed by atoms with Crippen LogP contribution in [0.4, 0.5) is 5.69 Å². The predicted octanol–water partition coefficient (Wildman–Crippen LogP) is 1.49. The molecule has 1 atom stereocenters. The van der Waals surface area contributed by atoms with Crippen molar-refractivity contribution in [3.63, 3.8) is 0 Å². The van der Waals surface area contributed by atoms with E-state index in [-0.39, 0.29) is 6.04 Å². The summed E-state index contributed by atoms with van der Waals surface area (Å²) in [6, 6.07) is 7.94. The molecule has 90 valence electrons. The fourth-order valence-electron chi connectivity index (χ4n) is 2.22. The molecule has 2 rings (SSSR count). The van der Waals surface area contributed by atoms with E-state index >= 15 is 0 Å². The van der Waals surface area contributed by atoms with Crippen molar-refractivity contribution >= 4 is 5.69 Å². The van der Waals surface area contributed by atoms with Crippen LogP contribution in [0.1, 0.15) is 18.4 Å². The van der Waals surface area contributed by atoms with E-state index in [0.717, 1.165) is 37.4 Å². The van der Waals surface area contributed by atoms with Crippen LogP contribution in [0.5, 0.6) is 5.75 Å². The number of nitrogens with zero attached hydrogens (tertiary/aromatic N) is 2. The molecule has 0 saturated carbocycles. The van der Waals surface area contributed by atoms with Gasteiger partial charge in [0, 0.05) is 25.2 Å². The van der Waals surface area contributed by atoms with Gasteiger partial charge < -0.3 is 15.4 Å². The zero-order chi connectivity index (χ0) is 12.3. The van der Waals surface area contributed by atoms with Gasteiger partial charge in [0.2, 0.25) is 0 Å². The summed E-state index contributed by atoms with van der Waals surface area (Å²) in [5.41, 5.74) is 7.58. The Labute approximate surface area is 102 Å². The molecule has 1 saturated heterocycles. The van der Waals surface area contributed by atoms with Crippen molar-refractivity contribution in [1.82, 2.24) is 0 Å². The highest BCUT2D eigenvalue weighted by Crippen LogP contribution is 2.27. The number of piperidine rings is 1. The van der Waals surface area contributed by atoms with Gasteiger partial charge in [-0.15, -0.1) is 0 Å². The van der Waals surface area contributed by atoms with Crippen molar-refractivity contribution < 1.29 is 4.74 Å². The van der Waals surface area contributed by atoms with Crippen molar-refractivity contribution in [2.75, 3.05) is 25.1 Å². The summed E-state index contributed by atoms with van der Waals surface area (Å²) in [6.07, 6.45) is 2.13. The van der Waals surface area contributed by atoms with Crippen molar-refractivity contribution in [2.24, 2.45) is 5.73 Å². The van der Waals surface area contributed by atoms with Crippen LogP contribution < -0.4 is 15.4 Å². The number of ether oxygens (including phenoxy) is 1. The molecule has 1 aliphatic rings. The van der Waals surface area contributed by atoms with Gasteiger partial charge in [0.15, 0.2) is 0 Å². The second-order valence-corrected chi connectivity index (χ2v) is 4.34. The Morgan fingerprint density at radius 1 is 1.53 bits per heavy atom. The molecule has 0 aromatic heterocycles. The second-order valence-electron chi connectivity index (χ2n) is 4.34. The van der Waals surface area contributed by atoms with Crippen molar-refractivity contribution in [3.8, 4) is 11.8 Å². The van der Waals surface area contributed by atoms with Crippen LogP contribution in [0, 0.1) is 11.3 Å². The molecule has 2 N–H and O–H groups in total. The van der Waals surface area contributed by atoms with Crippen LogP contribution in [0.15, 0.2) is 18.2 Å². The summed E-state index contributed by atoms with van der Waals surface area (Å²) < 4.78 is 5.20. The Bertz CT molecular complexity index is 439. The van der Waals surface area contributed by atoms with Gasteiger partial charge in [-0.1, -0.05) is 0 Å². The standard InChI is InChI=1S/C13H17N3O/c1-17-12-5-4-10(8-14)13(7-12)16-6-2-3-11(15)9-16/h4-5,7,11H,2-3,6,9,15H2,1H3. The van der Waals surface area contributed by atoms with Gasteiger partial charge in [0.05, 0.1) is 18.4 Å². The van der Waals surface area contributed by atoms with Crippen molar-refractivity contribution in [2.45, 2.75) is 18.9 Å². The fourth-order valence-corrected chi connectivity index (χ4v) is 2.22. The number of nitriles is 1. The number of benzene rings is 1. The minimum Gasteiger partial charge on any atom is -0.497 e. The number of hydrogen-bond acceptors (Lipinski definition) is 4. The SMILES string of the molecule is COc1ccc(C#N)c(N2CCCC(N)C2)c1. The lowest BCUT2D eigenvalue weighted by Crippen LogP contribution is -2.43. The molecule has 0 amide bonds. The quantitative estimate of drug-likeness (QED) is 0.837. The molecule has 4 heteroatoms. The molecule has 1 aromatic carbocycles. The van der Waals surface area contributed by atoms with Crippen LogP contribution in [0.2, 0.25) is 0 Å². The summed E-state index contributed by atoms with van der Waals surface area (Å²) in [6.45, 7) is 1.76. The summed E-state index contributed by atoms with van der Waals surface area (Å²) in [5, 5.41) is 9.13. The highest BCUT2D eigenvalue weighted by atomic mass is 16.5. The average Bonchev–Trinajstić information content (AvgIpc) is 2.38. The van der Waals surface area contributed by atoms with E-state index in [0.29, 0.717) is 5.56 Å².